The Morgan fingerprint density at radius 1 is 0.875 bits per heavy atom. The van der Waals surface area contributed by atoms with Crippen LogP contribution in [0.25, 0.3) is 0 Å². The first-order valence-electron chi connectivity index (χ1n) is 10.1. The van der Waals surface area contributed by atoms with E-state index in [0.29, 0.717) is 40.1 Å². The third-order valence-electron chi connectivity index (χ3n) is 5.68. The van der Waals surface area contributed by atoms with E-state index in [4.69, 9.17) is 37.4 Å². The van der Waals surface area contributed by atoms with E-state index < -0.39 is 0 Å². The fraction of sp³-hybridized carbons (Fsp3) is 0.240. The molecule has 1 aliphatic rings. The summed E-state index contributed by atoms with van der Waals surface area (Å²) in [7, 11) is 4.85. The average molecular weight is 472 g/mol. The van der Waals surface area contributed by atoms with Crippen molar-refractivity contribution >= 4 is 29.1 Å². The fourth-order valence-electron chi connectivity index (χ4n) is 4.15. The highest BCUT2D eigenvalue weighted by molar-refractivity contribution is 6.35. The number of halogens is 2. The lowest BCUT2D eigenvalue weighted by Crippen LogP contribution is -2.40. The number of hydrogen-bond acceptors (Lipinski definition) is 4. The fourth-order valence-corrected chi connectivity index (χ4v) is 4.68. The second-order valence-corrected chi connectivity index (χ2v) is 8.36. The topological polar surface area (TPSA) is 48.0 Å². The van der Waals surface area contributed by atoms with Crippen molar-refractivity contribution in [3.8, 4) is 17.2 Å². The Hall–Kier alpha value is -2.89. The lowest BCUT2D eigenvalue weighted by Gasteiger charge is -2.38. The molecule has 0 bridgehead atoms. The number of methoxy groups -OCH3 is 3. The quantitative estimate of drug-likeness (QED) is 0.471. The molecule has 0 aromatic heterocycles. The Bertz CT molecular complexity index is 1130. The van der Waals surface area contributed by atoms with Crippen LogP contribution in [0.15, 0.2) is 54.6 Å². The van der Waals surface area contributed by atoms with Crippen molar-refractivity contribution in [2.45, 2.75) is 12.5 Å². The van der Waals surface area contributed by atoms with Gasteiger partial charge < -0.3 is 19.1 Å². The standard InChI is InChI=1S/C25H23Cl2NO4/c1-30-20-6-4-15(5-7-20)24-21-14-23(32-3)22(31-2)12-16(21)8-9-28(24)25(29)17-10-18(26)13-19(27)11-17/h4-7,10-14,24H,8-9H2,1-3H3/t24-/m1/s1. The van der Waals surface area contributed by atoms with Gasteiger partial charge in [0.25, 0.3) is 5.91 Å². The first-order chi connectivity index (χ1) is 15.4. The molecule has 0 N–H and O–H groups in total. The van der Waals surface area contributed by atoms with Crippen LogP contribution in [0.4, 0.5) is 0 Å². The van der Waals surface area contributed by atoms with Crippen molar-refractivity contribution in [3.63, 3.8) is 0 Å². The highest BCUT2D eigenvalue weighted by atomic mass is 35.5. The van der Waals surface area contributed by atoms with Crippen LogP contribution in [0.1, 0.15) is 33.1 Å². The highest BCUT2D eigenvalue weighted by Gasteiger charge is 2.34. The summed E-state index contributed by atoms with van der Waals surface area (Å²) in [5, 5.41) is 0.844. The van der Waals surface area contributed by atoms with Crippen molar-refractivity contribution < 1.29 is 19.0 Å². The van der Waals surface area contributed by atoms with Crippen molar-refractivity contribution in [3.05, 3.63) is 86.9 Å². The molecule has 32 heavy (non-hydrogen) atoms. The van der Waals surface area contributed by atoms with E-state index in [1.807, 2.05) is 41.3 Å². The number of carbonyl (C=O) groups excluding carboxylic acids is 1. The first-order valence-corrected chi connectivity index (χ1v) is 10.9. The monoisotopic (exact) mass is 471 g/mol. The first kappa shape index (κ1) is 22.3. The van der Waals surface area contributed by atoms with Gasteiger partial charge in [-0.1, -0.05) is 35.3 Å². The summed E-state index contributed by atoms with van der Waals surface area (Å²) in [5.41, 5.74) is 3.50. The van der Waals surface area contributed by atoms with E-state index in [0.717, 1.165) is 22.4 Å². The van der Waals surface area contributed by atoms with Gasteiger partial charge >= 0.3 is 0 Å². The smallest absolute Gasteiger partial charge is 0.254 e. The normalized spacial score (nSPS) is 15.2. The van der Waals surface area contributed by atoms with Gasteiger partial charge in [-0.3, -0.25) is 4.79 Å². The molecule has 3 aromatic rings. The molecule has 0 saturated heterocycles. The summed E-state index contributed by atoms with van der Waals surface area (Å²) in [5.74, 6) is 1.89. The predicted octanol–water partition coefficient (Wildman–Crippen LogP) is 5.81. The molecule has 0 fully saturated rings. The maximum atomic E-state index is 13.6. The lowest BCUT2D eigenvalue weighted by atomic mass is 9.87. The van der Waals surface area contributed by atoms with Crippen molar-refractivity contribution in [1.82, 2.24) is 4.90 Å². The van der Waals surface area contributed by atoms with Gasteiger partial charge in [-0.25, -0.2) is 0 Å². The Balaban J connectivity index is 1.85. The van der Waals surface area contributed by atoms with Gasteiger partial charge in [0.1, 0.15) is 5.75 Å². The second kappa shape index (κ2) is 9.31. The minimum absolute atomic E-state index is 0.143. The lowest BCUT2D eigenvalue weighted by molar-refractivity contribution is 0.0694. The number of ether oxygens (including phenoxy) is 3. The van der Waals surface area contributed by atoms with Crippen molar-refractivity contribution in [2.75, 3.05) is 27.9 Å². The van der Waals surface area contributed by atoms with Crippen molar-refractivity contribution in [1.29, 1.82) is 0 Å². The number of hydrogen-bond donors (Lipinski definition) is 0. The maximum absolute atomic E-state index is 13.6. The number of carbonyl (C=O) groups is 1. The molecule has 1 amide bonds. The zero-order valence-corrected chi connectivity index (χ0v) is 19.5. The molecule has 1 atom stereocenters. The molecular weight excluding hydrogens is 449 g/mol. The molecule has 1 heterocycles. The third-order valence-corrected chi connectivity index (χ3v) is 6.11. The van der Waals surface area contributed by atoms with Crippen LogP contribution >= 0.6 is 23.2 Å². The van der Waals surface area contributed by atoms with Crippen LogP contribution in [0.5, 0.6) is 17.2 Å². The van der Waals surface area contributed by atoms with E-state index in [1.165, 1.54) is 0 Å². The Morgan fingerprint density at radius 2 is 1.50 bits per heavy atom. The molecule has 0 radical (unpaired) electrons. The molecule has 0 saturated carbocycles. The Labute approximate surface area is 197 Å². The predicted molar refractivity (Wildman–Crippen MR) is 126 cm³/mol. The van der Waals surface area contributed by atoms with Gasteiger partial charge in [0.2, 0.25) is 0 Å². The van der Waals surface area contributed by atoms with Gasteiger partial charge in [-0.2, -0.15) is 0 Å². The summed E-state index contributed by atoms with van der Waals surface area (Å²) in [4.78, 5) is 15.5. The molecule has 166 valence electrons. The van der Waals surface area contributed by atoms with E-state index in [9.17, 15) is 4.79 Å². The minimum Gasteiger partial charge on any atom is -0.497 e. The molecule has 0 aliphatic carbocycles. The molecule has 0 spiro atoms. The molecular formula is C25H23Cl2NO4. The number of amides is 1. The molecule has 7 heteroatoms. The SMILES string of the molecule is COc1ccc([C@@H]2c3cc(OC)c(OC)cc3CCN2C(=O)c2cc(Cl)cc(Cl)c2)cc1. The van der Waals surface area contributed by atoms with E-state index in [2.05, 4.69) is 0 Å². The summed E-state index contributed by atoms with van der Waals surface area (Å²) in [6.45, 7) is 0.530. The van der Waals surface area contributed by atoms with Crippen LogP contribution < -0.4 is 14.2 Å². The van der Waals surface area contributed by atoms with Crippen LogP contribution in [0, 0.1) is 0 Å². The second-order valence-electron chi connectivity index (χ2n) is 7.49. The zero-order chi connectivity index (χ0) is 22.8. The summed E-state index contributed by atoms with van der Waals surface area (Å²) in [6.07, 6.45) is 0.683. The summed E-state index contributed by atoms with van der Waals surface area (Å²) < 4.78 is 16.4. The van der Waals surface area contributed by atoms with Gasteiger partial charge in [0.15, 0.2) is 11.5 Å². The van der Waals surface area contributed by atoms with Crippen molar-refractivity contribution in [2.24, 2.45) is 0 Å². The van der Waals surface area contributed by atoms with E-state index in [1.54, 1.807) is 39.5 Å². The zero-order valence-electron chi connectivity index (χ0n) is 18.0. The molecule has 1 aliphatic heterocycles. The van der Waals surface area contributed by atoms with Gasteiger partial charge in [-0.15, -0.1) is 0 Å². The Kier molecular flexibility index (Phi) is 6.49. The van der Waals surface area contributed by atoms with Crippen LogP contribution in [-0.2, 0) is 6.42 Å². The van der Waals surface area contributed by atoms with Gasteiger partial charge in [-0.05, 0) is 65.6 Å². The average Bonchev–Trinajstić information content (AvgIpc) is 2.81. The molecule has 4 rings (SSSR count). The maximum Gasteiger partial charge on any atom is 0.254 e. The Morgan fingerprint density at radius 3 is 2.09 bits per heavy atom. The number of nitrogens with zero attached hydrogens (tertiary/aromatic N) is 1. The minimum atomic E-state index is -0.324. The number of rotatable bonds is 5. The summed E-state index contributed by atoms with van der Waals surface area (Å²) >= 11 is 12.3. The van der Waals surface area contributed by atoms with Crippen LogP contribution in [-0.4, -0.2) is 38.7 Å². The molecule has 3 aromatic carbocycles. The third kappa shape index (κ3) is 4.23. The summed E-state index contributed by atoms with van der Waals surface area (Å²) in [6, 6.07) is 16.2. The number of benzene rings is 3. The van der Waals surface area contributed by atoms with Gasteiger partial charge in [0, 0.05) is 22.2 Å². The van der Waals surface area contributed by atoms with Crippen LogP contribution in [0.3, 0.4) is 0 Å². The van der Waals surface area contributed by atoms with Crippen LogP contribution in [0.2, 0.25) is 10.0 Å². The number of fused-ring (bicyclic) bond motifs is 1. The molecule has 0 unspecified atom stereocenters. The highest BCUT2D eigenvalue weighted by Crippen LogP contribution is 2.42. The molecule has 5 nitrogen and oxygen atoms in total. The van der Waals surface area contributed by atoms with E-state index >= 15 is 0 Å². The largest absolute Gasteiger partial charge is 0.497 e. The van der Waals surface area contributed by atoms with Gasteiger partial charge in [0.05, 0.1) is 27.4 Å². The van der Waals surface area contributed by atoms with E-state index in [-0.39, 0.29) is 11.9 Å².